The molecule has 2 aromatic heterocycles. The maximum Gasteiger partial charge on any atom is 0.202 e. The second-order valence-corrected chi connectivity index (χ2v) is 4.20. The first-order valence-corrected chi connectivity index (χ1v) is 5.81. The molecule has 0 amide bonds. The zero-order chi connectivity index (χ0) is 12.5. The smallest absolute Gasteiger partial charge is 0.202 e. The molecule has 2 heterocycles. The van der Waals surface area contributed by atoms with Gasteiger partial charge >= 0.3 is 0 Å². The molecule has 0 saturated heterocycles. The number of rotatable bonds is 3. The number of nitrogens with zero attached hydrogens (tertiary/aromatic N) is 3. The van der Waals surface area contributed by atoms with E-state index in [1.165, 1.54) is 0 Å². The van der Waals surface area contributed by atoms with Crippen molar-refractivity contribution in [1.29, 1.82) is 0 Å². The molecule has 0 aliphatic heterocycles. The van der Waals surface area contributed by atoms with Gasteiger partial charge in [0.25, 0.3) is 0 Å². The summed E-state index contributed by atoms with van der Waals surface area (Å²) in [5.41, 5.74) is 2.92. The van der Waals surface area contributed by atoms with Crippen LogP contribution in [0.4, 0.5) is 0 Å². The Bertz CT molecular complexity index is 683. The second-order valence-electron chi connectivity index (χ2n) is 4.20. The van der Waals surface area contributed by atoms with Crippen LogP contribution >= 0.6 is 0 Å². The van der Waals surface area contributed by atoms with Gasteiger partial charge in [-0.1, -0.05) is 17.3 Å². The quantitative estimate of drug-likeness (QED) is 0.762. The molecule has 92 valence electrons. The van der Waals surface area contributed by atoms with E-state index in [9.17, 15) is 0 Å². The first kappa shape index (κ1) is 11.0. The molecule has 0 unspecified atom stereocenters. The van der Waals surface area contributed by atoms with E-state index in [0.717, 1.165) is 22.6 Å². The first-order chi connectivity index (χ1) is 8.79. The van der Waals surface area contributed by atoms with Crippen molar-refractivity contribution in [2.75, 3.05) is 7.05 Å². The predicted molar refractivity (Wildman–Crippen MR) is 69.0 cm³/mol. The Morgan fingerprint density at radius 2 is 2.17 bits per heavy atom. The molecule has 0 aliphatic carbocycles. The minimum Gasteiger partial charge on any atom is -0.353 e. The fourth-order valence-electron chi connectivity index (χ4n) is 2.05. The highest BCUT2D eigenvalue weighted by atomic mass is 16.5. The Morgan fingerprint density at radius 3 is 2.94 bits per heavy atom. The molecule has 1 aromatic carbocycles. The normalized spacial score (nSPS) is 11.2. The van der Waals surface area contributed by atoms with E-state index < -0.39 is 0 Å². The SMILES string of the molecule is CNCc1cc(-c2nc3ccccc3n2C)on1. The molecule has 0 saturated carbocycles. The van der Waals surface area contributed by atoms with E-state index in [1.807, 2.05) is 49.0 Å². The van der Waals surface area contributed by atoms with Gasteiger partial charge in [-0.25, -0.2) is 4.98 Å². The lowest BCUT2D eigenvalue weighted by molar-refractivity contribution is 0.418. The lowest BCUT2D eigenvalue weighted by atomic mass is 10.3. The largest absolute Gasteiger partial charge is 0.353 e. The van der Waals surface area contributed by atoms with Crippen molar-refractivity contribution >= 4 is 11.0 Å². The Balaban J connectivity index is 2.10. The predicted octanol–water partition coefficient (Wildman–Crippen LogP) is 1.95. The fourth-order valence-corrected chi connectivity index (χ4v) is 2.05. The monoisotopic (exact) mass is 242 g/mol. The average Bonchev–Trinajstić information content (AvgIpc) is 2.96. The van der Waals surface area contributed by atoms with Gasteiger partial charge in [0, 0.05) is 19.7 Å². The molecular weight excluding hydrogens is 228 g/mol. The molecule has 0 radical (unpaired) electrons. The Morgan fingerprint density at radius 1 is 1.33 bits per heavy atom. The standard InChI is InChI=1S/C13H14N4O/c1-14-8-9-7-12(18-16-9)13-15-10-5-3-4-6-11(10)17(13)2/h3-7,14H,8H2,1-2H3. The molecule has 3 aromatic rings. The van der Waals surface area contributed by atoms with Crippen molar-refractivity contribution in [3.63, 3.8) is 0 Å². The summed E-state index contributed by atoms with van der Waals surface area (Å²) in [6, 6.07) is 9.92. The van der Waals surface area contributed by atoms with Crippen molar-refractivity contribution in [3.8, 4) is 11.6 Å². The molecule has 5 nitrogen and oxygen atoms in total. The van der Waals surface area contributed by atoms with Gasteiger partial charge in [-0.2, -0.15) is 0 Å². The maximum atomic E-state index is 5.34. The van der Waals surface area contributed by atoms with Crippen molar-refractivity contribution in [3.05, 3.63) is 36.0 Å². The third kappa shape index (κ3) is 1.69. The second kappa shape index (κ2) is 4.27. The summed E-state index contributed by atoms with van der Waals surface area (Å²) in [6.07, 6.45) is 0. The van der Waals surface area contributed by atoms with Crippen molar-refractivity contribution in [2.45, 2.75) is 6.54 Å². The highest BCUT2D eigenvalue weighted by Crippen LogP contribution is 2.23. The van der Waals surface area contributed by atoms with Crippen LogP contribution < -0.4 is 5.32 Å². The van der Waals surface area contributed by atoms with E-state index in [2.05, 4.69) is 15.5 Å². The lowest BCUT2D eigenvalue weighted by Crippen LogP contribution is -2.04. The van der Waals surface area contributed by atoms with Gasteiger partial charge in [-0.3, -0.25) is 0 Å². The number of hydrogen-bond acceptors (Lipinski definition) is 4. The summed E-state index contributed by atoms with van der Waals surface area (Å²) in [6.45, 7) is 0.688. The van der Waals surface area contributed by atoms with Gasteiger partial charge in [0.2, 0.25) is 5.76 Å². The summed E-state index contributed by atoms with van der Waals surface area (Å²) in [5, 5.41) is 7.04. The summed E-state index contributed by atoms with van der Waals surface area (Å²) in [4.78, 5) is 4.56. The van der Waals surface area contributed by atoms with Gasteiger partial charge in [0.15, 0.2) is 5.82 Å². The number of benzene rings is 1. The maximum absolute atomic E-state index is 5.34. The average molecular weight is 242 g/mol. The van der Waals surface area contributed by atoms with E-state index in [1.54, 1.807) is 0 Å². The van der Waals surface area contributed by atoms with E-state index in [-0.39, 0.29) is 0 Å². The molecule has 18 heavy (non-hydrogen) atoms. The molecule has 0 fully saturated rings. The Kier molecular flexibility index (Phi) is 2.60. The molecule has 3 rings (SSSR count). The van der Waals surface area contributed by atoms with Crippen LogP contribution in [0.25, 0.3) is 22.6 Å². The van der Waals surface area contributed by atoms with E-state index in [4.69, 9.17) is 4.52 Å². The van der Waals surface area contributed by atoms with Crippen molar-refractivity contribution in [2.24, 2.45) is 7.05 Å². The molecule has 0 spiro atoms. The number of aryl methyl sites for hydroxylation is 1. The number of aromatic nitrogens is 3. The van der Waals surface area contributed by atoms with Crippen LogP contribution in [-0.2, 0) is 13.6 Å². The molecular formula is C13H14N4O. The number of fused-ring (bicyclic) bond motifs is 1. The number of hydrogen-bond donors (Lipinski definition) is 1. The topological polar surface area (TPSA) is 55.9 Å². The zero-order valence-corrected chi connectivity index (χ0v) is 10.3. The van der Waals surface area contributed by atoms with E-state index >= 15 is 0 Å². The van der Waals surface area contributed by atoms with Crippen molar-refractivity contribution < 1.29 is 4.52 Å². The molecule has 1 N–H and O–H groups in total. The number of nitrogens with one attached hydrogen (secondary N) is 1. The number of imidazole rings is 1. The Labute approximate surface area is 104 Å². The summed E-state index contributed by atoms with van der Waals surface area (Å²) in [5.74, 6) is 1.49. The van der Waals surface area contributed by atoms with Gasteiger partial charge in [-0.15, -0.1) is 0 Å². The Hall–Kier alpha value is -2.14. The fraction of sp³-hybridized carbons (Fsp3) is 0.231. The third-order valence-electron chi connectivity index (χ3n) is 2.92. The van der Waals surface area contributed by atoms with Crippen LogP contribution in [0.1, 0.15) is 5.69 Å². The van der Waals surface area contributed by atoms with Crippen LogP contribution in [0.5, 0.6) is 0 Å². The summed E-state index contributed by atoms with van der Waals surface area (Å²) < 4.78 is 7.35. The zero-order valence-electron chi connectivity index (χ0n) is 10.3. The van der Waals surface area contributed by atoms with Gasteiger partial charge in [0.05, 0.1) is 16.7 Å². The molecule has 0 bridgehead atoms. The lowest BCUT2D eigenvalue weighted by Gasteiger charge is -1.96. The van der Waals surface area contributed by atoms with Crippen LogP contribution in [0.3, 0.4) is 0 Å². The van der Waals surface area contributed by atoms with Crippen LogP contribution in [0.2, 0.25) is 0 Å². The summed E-state index contributed by atoms with van der Waals surface area (Å²) in [7, 11) is 3.86. The highest BCUT2D eigenvalue weighted by Gasteiger charge is 2.14. The van der Waals surface area contributed by atoms with Crippen LogP contribution in [-0.4, -0.2) is 21.8 Å². The minimum absolute atomic E-state index is 0.688. The summed E-state index contributed by atoms with van der Waals surface area (Å²) >= 11 is 0. The van der Waals surface area contributed by atoms with Crippen LogP contribution in [0.15, 0.2) is 34.9 Å². The minimum atomic E-state index is 0.688. The van der Waals surface area contributed by atoms with Gasteiger partial charge < -0.3 is 14.4 Å². The van der Waals surface area contributed by atoms with Crippen molar-refractivity contribution in [1.82, 2.24) is 20.0 Å². The van der Waals surface area contributed by atoms with Gasteiger partial charge in [0.1, 0.15) is 0 Å². The first-order valence-electron chi connectivity index (χ1n) is 5.81. The molecule has 0 atom stereocenters. The van der Waals surface area contributed by atoms with E-state index in [0.29, 0.717) is 12.3 Å². The highest BCUT2D eigenvalue weighted by molar-refractivity contribution is 5.79. The number of para-hydroxylation sites is 2. The third-order valence-corrected chi connectivity index (χ3v) is 2.92. The van der Waals surface area contributed by atoms with Crippen LogP contribution in [0, 0.1) is 0 Å². The van der Waals surface area contributed by atoms with Gasteiger partial charge in [-0.05, 0) is 19.2 Å². The molecule has 0 aliphatic rings. The molecule has 5 heteroatoms.